The average Bonchev–Trinajstić information content (AvgIpc) is 2.54. The Labute approximate surface area is 133 Å². The highest BCUT2D eigenvalue weighted by Gasteiger charge is 2.11. The molecule has 0 aliphatic heterocycles. The molecule has 0 fully saturated rings. The van der Waals surface area contributed by atoms with Gasteiger partial charge < -0.3 is 20.2 Å². The van der Waals surface area contributed by atoms with Gasteiger partial charge in [-0.05, 0) is 24.3 Å². The number of ether oxygens (including phenoxy) is 1. The fraction of sp³-hybridized carbons (Fsp3) is 0.188. The maximum Gasteiger partial charge on any atom is 0.339 e. The molecule has 120 valence electrons. The van der Waals surface area contributed by atoms with Crippen LogP contribution < -0.4 is 14.9 Å². The summed E-state index contributed by atoms with van der Waals surface area (Å²) in [7, 11) is 3.84. The van der Waals surface area contributed by atoms with E-state index in [2.05, 4.69) is 5.32 Å². The van der Waals surface area contributed by atoms with Crippen LogP contribution in [0.5, 0.6) is 0 Å². The van der Waals surface area contributed by atoms with Crippen molar-refractivity contribution >= 4 is 23.3 Å². The van der Waals surface area contributed by atoms with Crippen LogP contribution in [0.4, 0.5) is 11.4 Å². The lowest BCUT2D eigenvalue weighted by atomic mass is 10.2. The van der Waals surface area contributed by atoms with E-state index in [1.165, 1.54) is 24.5 Å². The van der Waals surface area contributed by atoms with Crippen LogP contribution in [0.2, 0.25) is 0 Å². The topological polar surface area (TPSA) is 85.6 Å². The van der Waals surface area contributed by atoms with Crippen LogP contribution in [-0.4, -0.2) is 32.6 Å². The van der Waals surface area contributed by atoms with Crippen LogP contribution in [0.1, 0.15) is 10.4 Å². The van der Waals surface area contributed by atoms with Gasteiger partial charge in [0.15, 0.2) is 19.0 Å². The number of hydrogen-bond donors (Lipinski definition) is 1. The van der Waals surface area contributed by atoms with Gasteiger partial charge in [-0.15, -0.1) is 0 Å². The van der Waals surface area contributed by atoms with E-state index in [-0.39, 0.29) is 5.56 Å². The maximum atomic E-state index is 11.8. The Morgan fingerprint density at radius 3 is 2.30 bits per heavy atom. The first-order valence-corrected chi connectivity index (χ1v) is 6.89. The fourth-order valence-corrected chi connectivity index (χ4v) is 1.80. The van der Waals surface area contributed by atoms with Crippen LogP contribution in [0.25, 0.3) is 0 Å². The quantitative estimate of drug-likeness (QED) is 0.509. The maximum absolute atomic E-state index is 11.8. The fourth-order valence-electron chi connectivity index (χ4n) is 1.80. The third-order valence-electron chi connectivity index (χ3n) is 3.04. The molecule has 0 unspecified atom stereocenters. The van der Waals surface area contributed by atoms with E-state index in [0.717, 1.165) is 5.69 Å². The minimum Gasteiger partial charge on any atom is -0.619 e. The molecule has 23 heavy (non-hydrogen) atoms. The summed E-state index contributed by atoms with van der Waals surface area (Å²) < 4.78 is 5.45. The van der Waals surface area contributed by atoms with Crippen molar-refractivity contribution in [3.63, 3.8) is 0 Å². The predicted molar refractivity (Wildman–Crippen MR) is 85.1 cm³/mol. The molecule has 1 aromatic carbocycles. The number of amides is 1. The lowest BCUT2D eigenvalue weighted by Gasteiger charge is -2.13. The largest absolute Gasteiger partial charge is 0.619 e. The molecule has 0 atom stereocenters. The van der Waals surface area contributed by atoms with E-state index in [1.807, 2.05) is 31.1 Å². The second-order valence-corrected chi connectivity index (χ2v) is 5.01. The van der Waals surface area contributed by atoms with Crippen LogP contribution in [0.3, 0.4) is 0 Å². The highest BCUT2D eigenvalue weighted by atomic mass is 16.5. The van der Waals surface area contributed by atoms with E-state index in [9.17, 15) is 14.8 Å². The van der Waals surface area contributed by atoms with Crippen molar-refractivity contribution in [3.8, 4) is 0 Å². The molecule has 1 amide bonds. The molecule has 0 aliphatic rings. The Bertz CT molecular complexity index is 681. The number of aromatic nitrogens is 1. The number of anilines is 2. The van der Waals surface area contributed by atoms with E-state index in [1.54, 1.807) is 12.1 Å². The SMILES string of the molecule is CN(C)c1ccc(NC(=O)COC(=O)c2cc[n+]([O-])cc2)cc1. The second kappa shape index (κ2) is 7.26. The Morgan fingerprint density at radius 1 is 1.13 bits per heavy atom. The number of nitrogens with zero attached hydrogens (tertiary/aromatic N) is 2. The van der Waals surface area contributed by atoms with Crippen molar-refractivity contribution in [1.29, 1.82) is 0 Å². The zero-order valence-corrected chi connectivity index (χ0v) is 12.9. The minimum absolute atomic E-state index is 0.209. The number of benzene rings is 1. The highest BCUT2D eigenvalue weighted by Crippen LogP contribution is 2.15. The molecule has 1 heterocycles. The van der Waals surface area contributed by atoms with Gasteiger partial charge in [0.2, 0.25) is 0 Å². The summed E-state index contributed by atoms with van der Waals surface area (Å²) in [5.74, 6) is -1.10. The number of rotatable bonds is 5. The van der Waals surface area contributed by atoms with Gasteiger partial charge in [0.1, 0.15) is 0 Å². The molecule has 0 spiro atoms. The number of nitrogens with one attached hydrogen (secondary N) is 1. The van der Waals surface area contributed by atoms with E-state index < -0.39 is 18.5 Å². The number of carbonyl (C=O) groups is 2. The number of pyridine rings is 1. The molecule has 1 N–H and O–H groups in total. The molecule has 0 saturated heterocycles. The molecule has 1 aromatic heterocycles. The molecule has 2 aromatic rings. The highest BCUT2D eigenvalue weighted by molar-refractivity contribution is 5.95. The third kappa shape index (κ3) is 4.70. The van der Waals surface area contributed by atoms with Gasteiger partial charge in [0, 0.05) is 37.6 Å². The lowest BCUT2D eigenvalue weighted by Crippen LogP contribution is -2.25. The van der Waals surface area contributed by atoms with Gasteiger partial charge in [-0.1, -0.05) is 0 Å². The van der Waals surface area contributed by atoms with Crippen molar-refractivity contribution < 1.29 is 19.1 Å². The van der Waals surface area contributed by atoms with Crippen molar-refractivity contribution in [2.75, 3.05) is 30.9 Å². The summed E-state index contributed by atoms with van der Waals surface area (Å²) in [5, 5.41) is 13.5. The van der Waals surface area contributed by atoms with Crippen LogP contribution in [0.15, 0.2) is 48.8 Å². The molecule has 7 heteroatoms. The summed E-state index contributed by atoms with van der Waals surface area (Å²) >= 11 is 0. The molecule has 0 bridgehead atoms. The first-order valence-electron chi connectivity index (χ1n) is 6.89. The van der Waals surface area contributed by atoms with Gasteiger partial charge in [-0.25, -0.2) is 4.79 Å². The Morgan fingerprint density at radius 2 is 1.74 bits per heavy atom. The molecular formula is C16H17N3O4. The third-order valence-corrected chi connectivity index (χ3v) is 3.04. The van der Waals surface area contributed by atoms with E-state index >= 15 is 0 Å². The second-order valence-electron chi connectivity index (χ2n) is 5.01. The average molecular weight is 315 g/mol. The van der Waals surface area contributed by atoms with Crippen molar-refractivity contribution in [1.82, 2.24) is 0 Å². The van der Waals surface area contributed by atoms with Crippen LogP contribution in [0, 0.1) is 5.21 Å². The summed E-state index contributed by atoms with van der Waals surface area (Å²) in [6.45, 7) is -0.402. The Kier molecular flexibility index (Phi) is 5.14. The zero-order valence-electron chi connectivity index (χ0n) is 12.9. The predicted octanol–water partition coefficient (Wildman–Crippen LogP) is 1.18. The summed E-state index contributed by atoms with van der Waals surface area (Å²) in [6, 6.07) is 9.91. The number of hydrogen-bond acceptors (Lipinski definition) is 5. The summed E-state index contributed by atoms with van der Waals surface area (Å²) in [4.78, 5) is 25.4. The van der Waals surface area contributed by atoms with Gasteiger partial charge in [-0.2, -0.15) is 4.73 Å². The molecule has 0 aliphatic carbocycles. The van der Waals surface area contributed by atoms with Crippen LogP contribution >= 0.6 is 0 Å². The summed E-state index contributed by atoms with van der Waals surface area (Å²) in [5.41, 5.74) is 1.83. The Balaban J connectivity index is 1.85. The van der Waals surface area contributed by atoms with Gasteiger partial charge >= 0.3 is 5.97 Å². The molecule has 0 saturated carbocycles. The van der Waals surface area contributed by atoms with Gasteiger partial charge in [0.05, 0.1) is 5.56 Å². The van der Waals surface area contributed by atoms with E-state index in [4.69, 9.17) is 4.74 Å². The van der Waals surface area contributed by atoms with Gasteiger partial charge in [0.25, 0.3) is 5.91 Å². The molecule has 2 rings (SSSR count). The normalized spacial score (nSPS) is 10.0. The van der Waals surface area contributed by atoms with Crippen molar-refractivity contribution in [2.24, 2.45) is 0 Å². The van der Waals surface area contributed by atoms with Crippen molar-refractivity contribution in [3.05, 3.63) is 59.6 Å². The minimum atomic E-state index is -0.663. The summed E-state index contributed by atoms with van der Waals surface area (Å²) in [6.07, 6.45) is 2.37. The molecule has 7 nitrogen and oxygen atoms in total. The van der Waals surface area contributed by atoms with Crippen LogP contribution in [-0.2, 0) is 9.53 Å². The molecule has 0 radical (unpaired) electrons. The standard InChI is InChI=1S/C16H17N3O4/c1-18(2)14-5-3-13(4-6-14)17-15(20)11-23-16(21)12-7-9-19(22)10-8-12/h3-10H,11H2,1-2H3,(H,17,20). The lowest BCUT2D eigenvalue weighted by molar-refractivity contribution is -0.605. The van der Waals surface area contributed by atoms with Gasteiger partial charge in [-0.3, -0.25) is 4.79 Å². The zero-order chi connectivity index (χ0) is 16.8. The number of esters is 1. The smallest absolute Gasteiger partial charge is 0.339 e. The van der Waals surface area contributed by atoms with Crippen molar-refractivity contribution in [2.45, 2.75) is 0 Å². The Hall–Kier alpha value is -3.09. The first kappa shape index (κ1) is 16.3. The van der Waals surface area contributed by atoms with E-state index in [0.29, 0.717) is 10.4 Å². The monoisotopic (exact) mass is 315 g/mol. The molecular weight excluding hydrogens is 298 g/mol. The first-order chi connectivity index (χ1) is 11.0. The number of carbonyl (C=O) groups excluding carboxylic acids is 2.